The fourth-order valence-electron chi connectivity index (χ4n) is 2.34. The number of nitrogens with zero attached hydrogens (tertiary/aromatic N) is 1. The third-order valence-electron chi connectivity index (χ3n) is 3.39. The van der Waals surface area contributed by atoms with Crippen LogP contribution in [0.15, 0.2) is 60.7 Å². The van der Waals surface area contributed by atoms with E-state index >= 15 is 0 Å². The fraction of sp³-hybridized carbons (Fsp3) is 0.0500. The van der Waals surface area contributed by atoms with Gasteiger partial charge in [0.2, 0.25) is 0 Å². The lowest BCUT2D eigenvalue weighted by atomic mass is 10.1. The van der Waals surface area contributed by atoms with Gasteiger partial charge in [-0.25, -0.2) is 4.98 Å². The zero-order valence-electron chi connectivity index (χ0n) is 12.3. The molecule has 3 aromatic rings. The van der Waals surface area contributed by atoms with Crippen molar-refractivity contribution in [2.24, 2.45) is 0 Å². The molecule has 0 radical (unpaired) electrons. The molecule has 3 rings (SSSR count). The first-order valence-corrected chi connectivity index (χ1v) is 7.59. The van der Waals surface area contributed by atoms with Crippen LogP contribution < -0.4 is 0 Å². The summed E-state index contributed by atoms with van der Waals surface area (Å²) in [4.78, 5) is 4.62. The van der Waals surface area contributed by atoms with E-state index in [0.717, 1.165) is 22.2 Å². The summed E-state index contributed by atoms with van der Waals surface area (Å²) in [5.41, 5.74) is 4.19. The highest BCUT2D eigenvalue weighted by Crippen LogP contribution is 2.19. The Morgan fingerprint density at radius 1 is 0.864 bits per heavy atom. The van der Waals surface area contributed by atoms with Gasteiger partial charge in [0.05, 0.1) is 11.2 Å². The summed E-state index contributed by atoms with van der Waals surface area (Å²) in [6.45, 7) is 2.02. The number of fused-ring (bicyclic) bond motifs is 1. The van der Waals surface area contributed by atoms with Crippen molar-refractivity contribution in [1.82, 2.24) is 4.98 Å². The van der Waals surface area contributed by atoms with Crippen molar-refractivity contribution in [3.8, 4) is 0 Å². The molecule has 2 heteroatoms. The minimum absolute atomic E-state index is 0.709. The Hall–Kier alpha value is -2.38. The largest absolute Gasteiger partial charge is 0.248 e. The zero-order valence-corrected chi connectivity index (χ0v) is 13.1. The second-order valence-corrected chi connectivity index (χ2v) is 5.51. The molecule has 0 aliphatic rings. The normalized spacial score (nSPS) is 11.7. The highest BCUT2D eigenvalue weighted by molar-refractivity contribution is 6.31. The SMILES string of the molecule is C/C=C/c1cccc(C=Cc2ccc3ccc(Cl)cc3n2)c1. The third kappa shape index (κ3) is 3.44. The van der Waals surface area contributed by atoms with Crippen LogP contribution in [-0.2, 0) is 0 Å². The highest BCUT2D eigenvalue weighted by atomic mass is 35.5. The Morgan fingerprint density at radius 2 is 1.64 bits per heavy atom. The molecule has 0 N–H and O–H groups in total. The molecule has 0 aliphatic heterocycles. The molecule has 0 saturated heterocycles. The van der Waals surface area contributed by atoms with Crippen LogP contribution in [0.4, 0.5) is 0 Å². The van der Waals surface area contributed by atoms with E-state index in [-0.39, 0.29) is 0 Å². The quantitative estimate of drug-likeness (QED) is 0.570. The number of rotatable bonds is 3. The Labute approximate surface area is 135 Å². The van der Waals surface area contributed by atoms with Gasteiger partial charge in [0.15, 0.2) is 0 Å². The first kappa shape index (κ1) is 14.6. The lowest BCUT2D eigenvalue weighted by Gasteiger charge is -2.00. The molecule has 0 saturated carbocycles. The summed E-state index contributed by atoms with van der Waals surface area (Å²) in [5.74, 6) is 0. The monoisotopic (exact) mass is 305 g/mol. The minimum atomic E-state index is 0.709. The van der Waals surface area contributed by atoms with Crippen LogP contribution in [0.3, 0.4) is 0 Å². The van der Waals surface area contributed by atoms with Crippen molar-refractivity contribution in [3.05, 3.63) is 82.5 Å². The molecule has 108 valence electrons. The van der Waals surface area contributed by atoms with Gasteiger partial charge in [0, 0.05) is 10.4 Å². The van der Waals surface area contributed by atoms with Crippen LogP contribution in [0.25, 0.3) is 29.1 Å². The highest BCUT2D eigenvalue weighted by Gasteiger charge is 1.97. The predicted molar refractivity (Wildman–Crippen MR) is 96.8 cm³/mol. The number of allylic oxidation sites excluding steroid dienone is 1. The fourth-order valence-corrected chi connectivity index (χ4v) is 2.51. The van der Waals surface area contributed by atoms with Gasteiger partial charge in [-0.1, -0.05) is 60.2 Å². The first-order chi connectivity index (χ1) is 10.7. The van der Waals surface area contributed by atoms with E-state index in [0.29, 0.717) is 5.02 Å². The molecular weight excluding hydrogens is 290 g/mol. The maximum Gasteiger partial charge on any atom is 0.0724 e. The number of hydrogen-bond donors (Lipinski definition) is 0. The van der Waals surface area contributed by atoms with Gasteiger partial charge in [-0.3, -0.25) is 0 Å². The molecule has 0 unspecified atom stereocenters. The van der Waals surface area contributed by atoms with Crippen LogP contribution in [0.5, 0.6) is 0 Å². The van der Waals surface area contributed by atoms with Crippen LogP contribution >= 0.6 is 11.6 Å². The molecule has 0 spiro atoms. The number of halogens is 1. The maximum atomic E-state index is 6.03. The molecule has 2 aromatic carbocycles. The molecule has 0 atom stereocenters. The van der Waals surface area contributed by atoms with E-state index in [1.807, 2.05) is 43.3 Å². The number of hydrogen-bond acceptors (Lipinski definition) is 1. The van der Waals surface area contributed by atoms with E-state index in [1.165, 1.54) is 5.56 Å². The number of pyridine rings is 1. The van der Waals surface area contributed by atoms with Crippen molar-refractivity contribution < 1.29 is 0 Å². The molecule has 0 aliphatic carbocycles. The standard InChI is InChI=1S/C20H16ClN/c1-2-4-15-5-3-6-16(13-15)7-11-19-12-9-17-8-10-18(21)14-20(17)22-19/h2-14H,1H3/b4-2+,11-7?. The summed E-state index contributed by atoms with van der Waals surface area (Å²) in [6, 6.07) is 18.2. The number of benzene rings is 2. The van der Waals surface area contributed by atoms with Crippen molar-refractivity contribution in [3.63, 3.8) is 0 Å². The van der Waals surface area contributed by atoms with Gasteiger partial charge < -0.3 is 0 Å². The predicted octanol–water partition coefficient (Wildman–Crippen LogP) is 6.09. The van der Waals surface area contributed by atoms with Crippen LogP contribution in [-0.4, -0.2) is 4.98 Å². The van der Waals surface area contributed by atoms with Gasteiger partial charge in [-0.05, 0) is 48.4 Å². The van der Waals surface area contributed by atoms with Gasteiger partial charge in [-0.2, -0.15) is 0 Å². The average Bonchev–Trinajstić information content (AvgIpc) is 2.53. The average molecular weight is 306 g/mol. The molecular formula is C20H16ClN. The summed E-state index contributed by atoms with van der Waals surface area (Å²) >= 11 is 6.03. The lowest BCUT2D eigenvalue weighted by molar-refractivity contribution is 1.37. The van der Waals surface area contributed by atoms with Crippen molar-refractivity contribution in [2.45, 2.75) is 6.92 Å². The summed E-state index contributed by atoms with van der Waals surface area (Å²) in [7, 11) is 0. The second-order valence-electron chi connectivity index (χ2n) is 5.08. The number of aromatic nitrogens is 1. The maximum absolute atomic E-state index is 6.03. The first-order valence-electron chi connectivity index (χ1n) is 7.22. The van der Waals surface area contributed by atoms with E-state index < -0.39 is 0 Å². The van der Waals surface area contributed by atoms with Crippen molar-refractivity contribution in [1.29, 1.82) is 0 Å². The Bertz CT molecular complexity index is 862. The van der Waals surface area contributed by atoms with E-state index in [1.54, 1.807) is 0 Å². The lowest BCUT2D eigenvalue weighted by Crippen LogP contribution is -1.83. The molecule has 0 bridgehead atoms. The third-order valence-corrected chi connectivity index (χ3v) is 3.63. The van der Waals surface area contributed by atoms with Gasteiger partial charge in [-0.15, -0.1) is 0 Å². The summed E-state index contributed by atoms with van der Waals surface area (Å²) in [6.07, 6.45) is 8.23. The topological polar surface area (TPSA) is 12.9 Å². The van der Waals surface area contributed by atoms with Crippen molar-refractivity contribution >= 4 is 40.7 Å². The van der Waals surface area contributed by atoms with Crippen LogP contribution in [0, 0.1) is 0 Å². The summed E-state index contributed by atoms with van der Waals surface area (Å²) in [5, 5.41) is 1.80. The van der Waals surface area contributed by atoms with E-state index in [9.17, 15) is 0 Å². The second kappa shape index (κ2) is 6.59. The smallest absolute Gasteiger partial charge is 0.0724 e. The molecule has 1 nitrogen and oxygen atoms in total. The Morgan fingerprint density at radius 3 is 2.45 bits per heavy atom. The van der Waals surface area contributed by atoms with E-state index in [4.69, 9.17) is 11.6 Å². The molecule has 1 heterocycles. The molecule has 0 fully saturated rings. The van der Waals surface area contributed by atoms with E-state index in [2.05, 4.69) is 47.5 Å². The van der Waals surface area contributed by atoms with Crippen LogP contribution in [0.2, 0.25) is 5.02 Å². The molecule has 0 amide bonds. The minimum Gasteiger partial charge on any atom is -0.248 e. The Balaban J connectivity index is 1.90. The van der Waals surface area contributed by atoms with Crippen LogP contribution in [0.1, 0.15) is 23.7 Å². The van der Waals surface area contributed by atoms with Gasteiger partial charge in [0.25, 0.3) is 0 Å². The van der Waals surface area contributed by atoms with Crippen molar-refractivity contribution in [2.75, 3.05) is 0 Å². The molecule has 1 aromatic heterocycles. The zero-order chi connectivity index (χ0) is 15.4. The molecule has 22 heavy (non-hydrogen) atoms. The van der Waals surface area contributed by atoms with Gasteiger partial charge in [0.1, 0.15) is 0 Å². The Kier molecular flexibility index (Phi) is 4.36. The summed E-state index contributed by atoms with van der Waals surface area (Å²) < 4.78 is 0. The van der Waals surface area contributed by atoms with Gasteiger partial charge >= 0.3 is 0 Å².